The molecule has 0 aromatic rings. The van der Waals surface area contributed by atoms with Gasteiger partial charge in [-0.25, -0.2) is 0 Å². The van der Waals surface area contributed by atoms with E-state index in [4.69, 9.17) is 0 Å². The van der Waals surface area contributed by atoms with Crippen LogP contribution in [0.15, 0.2) is 0 Å². The van der Waals surface area contributed by atoms with Crippen molar-refractivity contribution < 1.29 is 17.9 Å². The molecule has 54 valence electrons. The van der Waals surface area contributed by atoms with Gasteiger partial charge in [-0.2, -0.15) is 13.2 Å². The molecule has 1 fully saturated rings. The monoisotopic (exact) mass is 140 g/mol. The first-order chi connectivity index (χ1) is 4.11. The predicted octanol–water partition coefficient (Wildman–Crippen LogP) is 1.59. The van der Waals surface area contributed by atoms with Crippen LogP contribution in [0.5, 0.6) is 0 Å². The molecule has 0 radical (unpaired) electrons. The maximum Gasteiger partial charge on any atom is 0.394 e. The Hall–Kier alpha value is -0.250. The smallest absolute Gasteiger partial charge is 0.381 e. The predicted molar refractivity (Wildman–Crippen MR) is 25.0 cm³/mol. The molecule has 1 aliphatic rings. The van der Waals surface area contributed by atoms with Crippen molar-refractivity contribution in [3.8, 4) is 0 Å². The Kier molecular flexibility index (Phi) is 1.66. The minimum absolute atomic E-state index is 0.128. The van der Waals surface area contributed by atoms with Crippen molar-refractivity contribution in [2.75, 3.05) is 13.2 Å². The number of hydrogen-bond donors (Lipinski definition) is 0. The fourth-order valence-corrected chi connectivity index (χ4v) is 0.793. The second-order valence-corrected chi connectivity index (χ2v) is 2.10. The molecule has 1 unspecified atom stereocenters. The Bertz CT molecular complexity index is 92.9. The second-order valence-electron chi connectivity index (χ2n) is 2.10. The molecule has 1 rings (SSSR count). The van der Waals surface area contributed by atoms with E-state index >= 15 is 0 Å². The molecule has 0 amide bonds. The van der Waals surface area contributed by atoms with E-state index < -0.39 is 12.1 Å². The third-order valence-corrected chi connectivity index (χ3v) is 1.39. The van der Waals surface area contributed by atoms with Crippen LogP contribution < -0.4 is 0 Å². The number of alkyl halides is 3. The van der Waals surface area contributed by atoms with Gasteiger partial charge in [-0.3, -0.25) is 0 Å². The standard InChI is InChI=1S/C5H7F3O/c6-5(7,8)4-1-2-9-3-4/h4H,1-3H2. The third kappa shape index (κ3) is 1.58. The highest BCUT2D eigenvalue weighted by Crippen LogP contribution is 2.31. The Balaban J connectivity index is 2.42. The second kappa shape index (κ2) is 2.17. The van der Waals surface area contributed by atoms with E-state index in [0.29, 0.717) is 0 Å². The van der Waals surface area contributed by atoms with Crippen LogP contribution in [0.2, 0.25) is 0 Å². The lowest BCUT2D eigenvalue weighted by Gasteiger charge is -2.10. The number of ether oxygens (including phenoxy) is 1. The summed E-state index contributed by atoms with van der Waals surface area (Å²) in [5.74, 6) is -1.21. The first-order valence-electron chi connectivity index (χ1n) is 2.75. The molecule has 0 saturated carbocycles. The van der Waals surface area contributed by atoms with Crippen molar-refractivity contribution in [2.45, 2.75) is 12.6 Å². The lowest BCUT2D eigenvalue weighted by atomic mass is 10.1. The molecule has 0 bridgehead atoms. The van der Waals surface area contributed by atoms with Gasteiger partial charge in [-0.1, -0.05) is 0 Å². The first kappa shape index (κ1) is 6.86. The highest BCUT2D eigenvalue weighted by atomic mass is 19.4. The summed E-state index contributed by atoms with van der Waals surface area (Å²) in [6.45, 7) is 0.105. The molecule has 0 N–H and O–H groups in total. The Morgan fingerprint density at radius 3 is 2.22 bits per heavy atom. The Labute approximate surface area is 50.8 Å². The highest BCUT2D eigenvalue weighted by Gasteiger charge is 2.41. The maximum atomic E-state index is 11.7. The average Bonchev–Trinajstić information content (AvgIpc) is 2.08. The van der Waals surface area contributed by atoms with Gasteiger partial charge in [-0.15, -0.1) is 0 Å². The van der Waals surface area contributed by atoms with E-state index in [2.05, 4.69) is 4.74 Å². The van der Waals surface area contributed by atoms with Crippen molar-refractivity contribution >= 4 is 0 Å². The average molecular weight is 140 g/mol. The van der Waals surface area contributed by atoms with Crippen molar-refractivity contribution in [3.63, 3.8) is 0 Å². The molecule has 1 aliphatic heterocycles. The summed E-state index contributed by atoms with van der Waals surface area (Å²) in [4.78, 5) is 0. The van der Waals surface area contributed by atoms with E-state index in [-0.39, 0.29) is 19.6 Å². The summed E-state index contributed by atoms with van der Waals surface area (Å²) >= 11 is 0. The summed E-state index contributed by atoms with van der Waals surface area (Å²) in [5, 5.41) is 0. The fourth-order valence-electron chi connectivity index (χ4n) is 0.793. The van der Waals surface area contributed by atoms with E-state index in [1.807, 2.05) is 0 Å². The zero-order valence-corrected chi connectivity index (χ0v) is 4.74. The van der Waals surface area contributed by atoms with Gasteiger partial charge in [0.05, 0.1) is 12.5 Å². The molecule has 0 aromatic carbocycles. The van der Waals surface area contributed by atoms with Crippen LogP contribution in [-0.4, -0.2) is 19.4 Å². The molecule has 9 heavy (non-hydrogen) atoms. The summed E-state index contributed by atoms with van der Waals surface area (Å²) in [7, 11) is 0. The lowest BCUT2D eigenvalue weighted by molar-refractivity contribution is -0.173. The van der Waals surface area contributed by atoms with E-state index in [9.17, 15) is 13.2 Å². The number of rotatable bonds is 0. The minimum Gasteiger partial charge on any atom is -0.381 e. The molecule has 1 atom stereocenters. The quantitative estimate of drug-likeness (QED) is 0.496. The zero-order valence-electron chi connectivity index (χ0n) is 4.74. The molecule has 1 heterocycles. The number of halogens is 3. The van der Waals surface area contributed by atoms with Crippen molar-refractivity contribution in [1.82, 2.24) is 0 Å². The van der Waals surface area contributed by atoms with Gasteiger partial charge in [0.1, 0.15) is 0 Å². The van der Waals surface area contributed by atoms with Crippen LogP contribution in [0.3, 0.4) is 0 Å². The minimum atomic E-state index is -4.05. The Morgan fingerprint density at radius 2 is 2.00 bits per heavy atom. The molecular formula is C5H7F3O. The zero-order chi connectivity index (χ0) is 6.91. The van der Waals surface area contributed by atoms with Crippen LogP contribution >= 0.6 is 0 Å². The highest BCUT2D eigenvalue weighted by molar-refractivity contribution is 4.70. The third-order valence-electron chi connectivity index (χ3n) is 1.39. The van der Waals surface area contributed by atoms with Gasteiger partial charge in [0, 0.05) is 6.61 Å². The molecule has 0 aromatic heterocycles. The summed E-state index contributed by atoms with van der Waals surface area (Å²) < 4.78 is 39.6. The van der Waals surface area contributed by atoms with Gasteiger partial charge in [0.2, 0.25) is 0 Å². The lowest BCUT2D eigenvalue weighted by Crippen LogP contribution is -2.22. The van der Waals surface area contributed by atoms with Gasteiger partial charge < -0.3 is 4.74 Å². The largest absolute Gasteiger partial charge is 0.394 e. The van der Waals surface area contributed by atoms with Crippen molar-refractivity contribution in [2.24, 2.45) is 5.92 Å². The summed E-state index contributed by atoms with van der Waals surface area (Å²) in [6.07, 6.45) is -3.92. The van der Waals surface area contributed by atoms with E-state index in [1.54, 1.807) is 0 Å². The van der Waals surface area contributed by atoms with Crippen molar-refractivity contribution in [3.05, 3.63) is 0 Å². The maximum absolute atomic E-state index is 11.7. The van der Waals surface area contributed by atoms with Gasteiger partial charge in [0.25, 0.3) is 0 Å². The molecule has 4 heteroatoms. The molecule has 1 saturated heterocycles. The van der Waals surface area contributed by atoms with E-state index in [0.717, 1.165) is 0 Å². The van der Waals surface area contributed by atoms with Crippen LogP contribution in [0.25, 0.3) is 0 Å². The van der Waals surface area contributed by atoms with Gasteiger partial charge in [-0.05, 0) is 6.42 Å². The molecule has 1 nitrogen and oxygen atoms in total. The van der Waals surface area contributed by atoms with Crippen LogP contribution in [0.1, 0.15) is 6.42 Å². The van der Waals surface area contributed by atoms with Gasteiger partial charge in [0.15, 0.2) is 0 Å². The van der Waals surface area contributed by atoms with Crippen molar-refractivity contribution in [1.29, 1.82) is 0 Å². The van der Waals surface area contributed by atoms with Crippen LogP contribution in [0.4, 0.5) is 13.2 Å². The summed E-state index contributed by atoms with van der Waals surface area (Å²) in [6, 6.07) is 0. The number of hydrogen-bond acceptors (Lipinski definition) is 1. The molecule has 0 spiro atoms. The van der Waals surface area contributed by atoms with Crippen LogP contribution in [-0.2, 0) is 4.74 Å². The van der Waals surface area contributed by atoms with Crippen LogP contribution in [0, 0.1) is 5.92 Å². The topological polar surface area (TPSA) is 9.23 Å². The normalized spacial score (nSPS) is 29.0. The SMILES string of the molecule is FC(F)(F)C1CCOC1. The first-order valence-corrected chi connectivity index (χ1v) is 2.75. The fraction of sp³-hybridized carbons (Fsp3) is 1.00. The van der Waals surface area contributed by atoms with E-state index in [1.165, 1.54) is 0 Å². The summed E-state index contributed by atoms with van der Waals surface area (Å²) in [5.41, 5.74) is 0. The molecule has 0 aliphatic carbocycles. The molecular weight excluding hydrogens is 133 g/mol. The van der Waals surface area contributed by atoms with Gasteiger partial charge >= 0.3 is 6.18 Å². The Morgan fingerprint density at radius 1 is 1.33 bits per heavy atom.